The molecule has 0 unspecified atom stereocenters. The summed E-state index contributed by atoms with van der Waals surface area (Å²) in [6, 6.07) is 8.45. The number of hydrogen-bond donors (Lipinski definition) is 1. The number of aryl methyl sites for hydroxylation is 1. The SMILES string of the molecule is COc1cc(S(=O)(=O)Nc2cccc(C)c2C)c(OC)cc1Br. The lowest BCUT2D eigenvalue weighted by molar-refractivity contribution is 0.390. The second-order valence-corrected chi connectivity index (χ2v) is 7.50. The number of hydrogen-bond acceptors (Lipinski definition) is 4. The average Bonchev–Trinajstić information content (AvgIpc) is 2.51. The van der Waals surface area contributed by atoms with Crippen LogP contribution in [0.1, 0.15) is 11.1 Å². The smallest absolute Gasteiger partial charge is 0.265 e. The molecule has 7 heteroatoms. The van der Waals surface area contributed by atoms with Crippen molar-refractivity contribution < 1.29 is 17.9 Å². The van der Waals surface area contributed by atoms with Crippen molar-refractivity contribution in [1.29, 1.82) is 0 Å². The molecule has 2 aromatic carbocycles. The van der Waals surface area contributed by atoms with Gasteiger partial charge in [-0.15, -0.1) is 0 Å². The fraction of sp³-hybridized carbons (Fsp3) is 0.250. The molecule has 0 aliphatic heterocycles. The van der Waals surface area contributed by atoms with E-state index in [-0.39, 0.29) is 10.6 Å². The third kappa shape index (κ3) is 3.61. The van der Waals surface area contributed by atoms with E-state index in [1.807, 2.05) is 19.9 Å². The summed E-state index contributed by atoms with van der Waals surface area (Å²) >= 11 is 3.32. The Labute approximate surface area is 144 Å². The molecular weight excluding hydrogens is 382 g/mol. The summed E-state index contributed by atoms with van der Waals surface area (Å²) in [5.41, 5.74) is 2.42. The van der Waals surface area contributed by atoms with Crippen LogP contribution in [0.3, 0.4) is 0 Å². The summed E-state index contributed by atoms with van der Waals surface area (Å²) in [7, 11) is -0.925. The first kappa shape index (κ1) is 17.6. The molecule has 0 aromatic heterocycles. The first-order valence-corrected chi connectivity index (χ1v) is 9.08. The normalized spacial score (nSPS) is 11.2. The van der Waals surface area contributed by atoms with Gasteiger partial charge in [-0.25, -0.2) is 8.42 Å². The van der Waals surface area contributed by atoms with Gasteiger partial charge in [0.2, 0.25) is 0 Å². The number of sulfonamides is 1. The third-order valence-corrected chi connectivity index (χ3v) is 5.58. The fourth-order valence-electron chi connectivity index (χ4n) is 2.10. The molecule has 0 amide bonds. The monoisotopic (exact) mass is 399 g/mol. The second-order valence-electron chi connectivity index (χ2n) is 4.99. The van der Waals surface area contributed by atoms with Gasteiger partial charge in [0.25, 0.3) is 10.0 Å². The van der Waals surface area contributed by atoms with E-state index >= 15 is 0 Å². The molecule has 124 valence electrons. The van der Waals surface area contributed by atoms with Crippen LogP contribution in [0, 0.1) is 13.8 Å². The molecule has 2 aromatic rings. The van der Waals surface area contributed by atoms with Crippen molar-refractivity contribution >= 4 is 31.6 Å². The zero-order chi connectivity index (χ0) is 17.2. The van der Waals surface area contributed by atoms with Gasteiger partial charge in [0.05, 0.1) is 24.4 Å². The molecule has 0 bridgehead atoms. The van der Waals surface area contributed by atoms with Crippen molar-refractivity contribution in [2.75, 3.05) is 18.9 Å². The molecule has 0 saturated heterocycles. The number of ether oxygens (including phenoxy) is 2. The van der Waals surface area contributed by atoms with Crippen LogP contribution in [0.25, 0.3) is 0 Å². The minimum absolute atomic E-state index is 0.0148. The van der Waals surface area contributed by atoms with E-state index in [2.05, 4.69) is 20.7 Å². The fourth-order valence-corrected chi connectivity index (χ4v) is 3.88. The Bertz CT molecular complexity index is 834. The van der Waals surface area contributed by atoms with Crippen molar-refractivity contribution in [3.05, 3.63) is 45.9 Å². The van der Waals surface area contributed by atoms with Crippen LogP contribution in [0.4, 0.5) is 5.69 Å². The standard InChI is InChI=1S/C16H18BrNO4S/c1-10-6-5-7-13(11(10)2)18-23(19,20)16-9-14(21-3)12(17)8-15(16)22-4/h5-9,18H,1-4H3. The Hall–Kier alpha value is -1.73. The van der Waals surface area contributed by atoms with Crippen molar-refractivity contribution in [1.82, 2.24) is 0 Å². The highest BCUT2D eigenvalue weighted by molar-refractivity contribution is 9.10. The van der Waals surface area contributed by atoms with E-state index in [0.717, 1.165) is 11.1 Å². The Balaban J connectivity index is 2.53. The Morgan fingerprint density at radius 3 is 2.30 bits per heavy atom. The summed E-state index contributed by atoms with van der Waals surface area (Å²) < 4.78 is 39.1. The van der Waals surface area contributed by atoms with E-state index < -0.39 is 10.0 Å². The van der Waals surface area contributed by atoms with E-state index in [0.29, 0.717) is 15.9 Å². The Morgan fingerprint density at radius 2 is 1.70 bits per heavy atom. The molecule has 0 aliphatic rings. The lowest BCUT2D eigenvalue weighted by Crippen LogP contribution is -2.15. The van der Waals surface area contributed by atoms with Gasteiger partial charge >= 0.3 is 0 Å². The summed E-state index contributed by atoms with van der Waals surface area (Å²) in [5.74, 6) is 0.641. The maximum Gasteiger partial charge on any atom is 0.265 e. The maximum absolute atomic E-state index is 12.8. The number of methoxy groups -OCH3 is 2. The summed E-state index contributed by atoms with van der Waals surface area (Å²) in [6.45, 7) is 3.79. The Kier molecular flexibility index (Phi) is 5.21. The number of rotatable bonds is 5. The van der Waals surface area contributed by atoms with E-state index in [9.17, 15) is 8.42 Å². The van der Waals surface area contributed by atoms with Crippen molar-refractivity contribution in [2.24, 2.45) is 0 Å². The molecule has 23 heavy (non-hydrogen) atoms. The average molecular weight is 400 g/mol. The molecule has 0 spiro atoms. The predicted molar refractivity (Wildman–Crippen MR) is 94.0 cm³/mol. The predicted octanol–water partition coefficient (Wildman–Crippen LogP) is 3.88. The van der Waals surface area contributed by atoms with Crippen LogP contribution in [0.2, 0.25) is 0 Å². The van der Waals surface area contributed by atoms with Gasteiger partial charge in [0.1, 0.15) is 16.4 Å². The molecule has 0 fully saturated rings. The van der Waals surface area contributed by atoms with Crippen LogP contribution in [0.15, 0.2) is 39.7 Å². The molecule has 1 N–H and O–H groups in total. The van der Waals surface area contributed by atoms with Gasteiger partial charge in [0.15, 0.2) is 0 Å². The van der Waals surface area contributed by atoms with Crippen LogP contribution < -0.4 is 14.2 Å². The maximum atomic E-state index is 12.8. The minimum Gasteiger partial charge on any atom is -0.496 e. The molecular formula is C16H18BrNO4S. The molecule has 0 aliphatic carbocycles. The third-order valence-electron chi connectivity index (χ3n) is 3.58. The minimum atomic E-state index is -3.82. The summed E-state index contributed by atoms with van der Waals surface area (Å²) in [6.07, 6.45) is 0. The quantitative estimate of drug-likeness (QED) is 0.827. The van der Waals surface area contributed by atoms with Gasteiger partial charge in [-0.05, 0) is 53.0 Å². The molecule has 0 saturated carbocycles. The largest absolute Gasteiger partial charge is 0.496 e. The molecule has 5 nitrogen and oxygen atoms in total. The van der Waals surface area contributed by atoms with Crippen molar-refractivity contribution in [3.63, 3.8) is 0 Å². The topological polar surface area (TPSA) is 64.6 Å². The molecule has 2 rings (SSSR count). The number of halogens is 1. The molecule has 0 atom stereocenters. The highest BCUT2D eigenvalue weighted by Gasteiger charge is 2.23. The first-order chi connectivity index (χ1) is 10.8. The number of benzene rings is 2. The number of anilines is 1. The van der Waals surface area contributed by atoms with Gasteiger partial charge < -0.3 is 9.47 Å². The van der Waals surface area contributed by atoms with Gasteiger partial charge in [0, 0.05) is 6.07 Å². The summed E-state index contributed by atoms with van der Waals surface area (Å²) in [5, 5.41) is 0. The van der Waals surface area contributed by atoms with Crippen LogP contribution in [0.5, 0.6) is 11.5 Å². The Morgan fingerprint density at radius 1 is 1.04 bits per heavy atom. The molecule has 0 heterocycles. The second kappa shape index (κ2) is 6.80. The zero-order valence-electron chi connectivity index (χ0n) is 13.3. The highest BCUT2D eigenvalue weighted by Crippen LogP contribution is 2.36. The van der Waals surface area contributed by atoms with E-state index in [1.165, 1.54) is 20.3 Å². The van der Waals surface area contributed by atoms with Crippen molar-refractivity contribution in [3.8, 4) is 11.5 Å². The van der Waals surface area contributed by atoms with Gasteiger partial charge in [-0.3, -0.25) is 4.72 Å². The van der Waals surface area contributed by atoms with Crippen LogP contribution in [-0.2, 0) is 10.0 Å². The van der Waals surface area contributed by atoms with Crippen LogP contribution >= 0.6 is 15.9 Å². The zero-order valence-corrected chi connectivity index (χ0v) is 15.7. The van der Waals surface area contributed by atoms with Crippen LogP contribution in [-0.4, -0.2) is 22.6 Å². The highest BCUT2D eigenvalue weighted by atomic mass is 79.9. The van der Waals surface area contributed by atoms with Gasteiger partial charge in [-0.2, -0.15) is 0 Å². The first-order valence-electron chi connectivity index (χ1n) is 6.80. The van der Waals surface area contributed by atoms with Crippen molar-refractivity contribution in [2.45, 2.75) is 18.7 Å². The number of nitrogens with one attached hydrogen (secondary N) is 1. The van der Waals surface area contributed by atoms with E-state index in [4.69, 9.17) is 9.47 Å². The lowest BCUT2D eigenvalue weighted by atomic mass is 10.1. The summed E-state index contributed by atoms with van der Waals surface area (Å²) in [4.78, 5) is 0.0148. The van der Waals surface area contributed by atoms with Gasteiger partial charge in [-0.1, -0.05) is 12.1 Å². The molecule has 0 radical (unpaired) electrons. The lowest BCUT2D eigenvalue weighted by Gasteiger charge is -2.15. The van der Waals surface area contributed by atoms with E-state index in [1.54, 1.807) is 18.2 Å².